The Morgan fingerprint density at radius 3 is 3.00 bits per heavy atom. The standard InChI is InChI=1S/C10H16O2/c1-8-3-2-5-10(7-8)9(11)4-6-12-10/h8H,2-7H2,1H3. The zero-order valence-corrected chi connectivity index (χ0v) is 7.64. The third-order valence-electron chi connectivity index (χ3n) is 3.17. The lowest BCUT2D eigenvalue weighted by Crippen LogP contribution is -2.40. The number of rotatable bonds is 0. The third kappa shape index (κ3) is 1.18. The van der Waals surface area contributed by atoms with E-state index in [1.165, 1.54) is 6.42 Å². The molecule has 2 atom stereocenters. The van der Waals surface area contributed by atoms with Gasteiger partial charge in [0.25, 0.3) is 0 Å². The Kier molecular flexibility index (Phi) is 1.95. The van der Waals surface area contributed by atoms with Crippen molar-refractivity contribution in [3.8, 4) is 0 Å². The number of Topliss-reactive ketones (excluding diaryl/α,β-unsaturated/α-hetero) is 1. The van der Waals surface area contributed by atoms with Crippen molar-refractivity contribution in [3.05, 3.63) is 0 Å². The van der Waals surface area contributed by atoms with E-state index in [0.717, 1.165) is 19.3 Å². The molecule has 2 aliphatic rings. The minimum Gasteiger partial charge on any atom is -0.367 e. The highest BCUT2D eigenvalue weighted by Gasteiger charge is 2.45. The van der Waals surface area contributed by atoms with Crippen LogP contribution in [0.3, 0.4) is 0 Å². The van der Waals surface area contributed by atoms with E-state index >= 15 is 0 Å². The number of hydrogen-bond donors (Lipinski definition) is 0. The van der Waals surface area contributed by atoms with Crippen LogP contribution in [-0.2, 0) is 9.53 Å². The topological polar surface area (TPSA) is 26.3 Å². The predicted molar refractivity (Wildman–Crippen MR) is 45.9 cm³/mol. The molecule has 1 heterocycles. The Morgan fingerprint density at radius 2 is 2.42 bits per heavy atom. The largest absolute Gasteiger partial charge is 0.367 e. The van der Waals surface area contributed by atoms with Crippen molar-refractivity contribution < 1.29 is 9.53 Å². The van der Waals surface area contributed by atoms with Gasteiger partial charge in [0.2, 0.25) is 0 Å². The molecular weight excluding hydrogens is 152 g/mol. The van der Waals surface area contributed by atoms with Crippen molar-refractivity contribution in [2.75, 3.05) is 6.61 Å². The van der Waals surface area contributed by atoms with Crippen molar-refractivity contribution in [2.45, 2.75) is 44.6 Å². The zero-order chi connectivity index (χ0) is 8.60. The maximum atomic E-state index is 11.6. The SMILES string of the molecule is CC1CCCC2(C1)OCCC2=O. The van der Waals surface area contributed by atoms with Crippen LogP contribution in [0.5, 0.6) is 0 Å². The molecule has 1 spiro atoms. The lowest BCUT2D eigenvalue weighted by Gasteiger charge is -2.34. The third-order valence-corrected chi connectivity index (χ3v) is 3.17. The Bertz CT molecular complexity index is 200. The van der Waals surface area contributed by atoms with Gasteiger partial charge in [-0.1, -0.05) is 13.3 Å². The summed E-state index contributed by atoms with van der Waals surface area (Å²) >= 11 is 0. The second-order valence-electron chi connectivity index (χ2n) is 4.22. The molecular formula is C10H16O2. The van der Waals surface area contributed by atoms with Gasteiger partial charge in [0.05, 0.1) is 6.61 Å². The second kappa shape index (κ2) is 2.84. The van der Waals surface area contributed by atoms with Gasteiger partial charge in [-0.2, -0.15) is 0 Å². The summed E-state index contributed by atoms with van der Waals surface area (Å²) in [6.45, 7) is 2.88. The van der Waals surface area contributed by atoms with Gasteiger partial charge in [0.15, 0.2) is 5.78 Å². The number of ether oxygens (including phenoxy) is 1. The quantitative estimate of drug-likeness (QED) is 0.552. The molecule has 0 amide bonds. The number of ketones is 1. The Balaban J connectivity index is 2.13. The summed E-state index contributed by atoms with van der Waals surface area (Å²) in [4.78, 5) is 11.6. The van der Waals surface area contributed by atoms with E-state index in [0.29, 0.717) is 24.7 Å². The number of hydrogen-bond acceptors (Lipinski definition) is 2. The maximum Gasteiger partial charge on any atom is 0.166 e. The van der Waals surface area contributed by atoms with E-state index in [1.54, 1.807) is 0 Å². The molecule has 68 valence electrons. The summed E-state index contributed by atoms with van der Waals surface area (Å²) in [6, 6.07) is 0. The summed E-state index contributed by atoms with van der Waals surface area (Å²) in [7, 11) is 0. The van der Waals surface area contributed by atoms with Crippen molar-refractivity contribution in [1.29, 1.82) is 0 Å². The van der Waals surface area contributed by atoms with Gasteiger partial charge >= 0.3 is 0 Å². The van der Waals surface area contributed by atoms with Crippen LogP contribution in [0.4, 0.5) is 0 Å². The molecule has 0 N–H and O–H groups in total. The average Bonchev–Trinajstić information content (AvgIpc) is 2.33. The summed E-state index contributed by atoms with van der Waals surface area (Å²) in [6.07, 6.45) is 5.00. The van der Waals surface area contributed by atoms with Gasteiger partial charge in [-0.05, 0) is 25.2 Å². The molecule has 1 aliphatic heterocycles. The van der Waals surface area contributed by atoms with Crippen molar-refractivity contribution in [2.24, 2.45) is 5.92 Å². The van der Waals surface area contributed by atoms with Crippen LogP contribution in [0.2, 0.25) is 0 Å². The molecule has 2 rings (SSSR count). The van der Waals surface area contributed by atoms with Crippen LogP contribution in [-0.4, -0.2) is 18.0 Å². The van der Waals surface area contributed by atoms with Gasteiger partial charge in [-0.15, -0.1) is 0 Å². The predicted octanol–water partition coefficient (Wildman–Crippen LogP) is 1.92. The van der Waals surface area contributed by atoms with Crippen LogP contribution >= 0.6 is 0 Å². The zero-order valence-electron chi connectivity index (χ0n) is 7.64. The van der Waals surface area contributed by atoms with Gasteiger partial charge < -0.3 is 4.74 Å². The molecule has 1 saturated heterocycles. The first-order valence-corrected chi connectivity index (χ1v) is 4.90. The molecule has 1 aliphatic carbocycles. The molecule has 12 heavy (non-hydrogen) atoms. The highest BCUT2D eigenvalue weighted by molar-refractivity contribution is 5.89. The van der Waals surface area contributed by atoms with Crippen LogP contribution in [0.25, 0.3) is 0 Å². The molecule has 0 aromatic rings. The van der Waals surface area contributed by atoms with Crippen molar-refractivity contribution >= 4 is 5.78 Å². The smallest absolute Gasteiger partial charge is 0.166 e. The van der Waals surface area contributed by atoms with Crippen LogP contribution in [0, 0.1) is 5.92 Å². The minimum absolute atomic E-state index is 0.336. The van der Waals surface area contributed by atoms with E-state index in [1.807, 2.05) is 0 Å². The molecule has 1 saturated carbocycles. The first kappa shape index (κ1) is 8.24. The van der Waals surface area contributed by atoms with Gasteiger partial charge in [-0.25, -0.2) is 0 Å². The molecule has 2 nitrogen and oxygen atoms in total. The highest BCUT2D eigenvalue weighted by Crippen LogP contribution is 2.39. The Hall–Kier alpha value is -0.370. The summed E-state index contributed by atoms with van der Waals surface area (Å²) in [5.74, 6) is 1.02. The fourth-order valence-corrected chi connectivity index (χ4v) is 2.53. The van der Waals surface area contributed by atoms with Crippen LogP contribution in [0.15, 0.2) is 0 Å². The first-order valence-electron chi connectivity index (χ1n) is 4.90. The summed E-state index contributed by atoms with van der Waals surface area (Å²) in [5.41, 5.74) is -0.336. The molecule has 0 bridgehead atoms. The molecule has 0 radical (unpaired) electrons. The number of carbonyl (C=O) groups excluding carboxylic acids is 1. The van der Waals surface area contributed by atoms with Gasteiger partial charge in [-0.3, -0.25) is 4.79 Å². The molecule has 2 fully saturated rings. The van der Waals surface area contributed by atoms with Crippen LogP contribution < -0.4 is 0 Å². The summed E-state index contributed by atoms with van der Waals surface area (Å²) < 4.78 is 5.61. The maximum absolute atomic E-state index is 11.6. The molecule has 2 heteroatoms. The van der Waals surface area contributed by atoms with E-state index in [-0.39, 0.29) is 5.60 Å². The van der Waals surface area contributed by atoms with E-state index < -0.39 is 0 Å². The highest BCUT2D eigenvalue weighted by atomic mass is 16.5. The van der Waals surface area contributed by atoms with Crippen molar-refractivity contribution in [3.63, 3.8) is 0 Å². The summed E-state index contributed by atoms with van der Waals surface area (Å²) in [5, 5.41) is 0. The Labute approximate surface area is 73.3 Å². The van der Waals surface area contributed by atoms with E-state index in [2.05, 4.69) is 6.92 Å². The molecule has 0 aromatic carbocycles. The monoisotopic (exact) mass is 168 g/mol. The normalized spacial score (nSPS) is 42.4. The fraction of sp³-hybridized carbons (Fsp3) is 0.900. The lowest BCUT2D eigenvalue weighted by atomic mass is 9.77. The molecule has 2 unspecified atom stereocenters. The minimum atomic E-state index is -0.336. The number of carbonyl (C=O) groups is 1. The van der Waals surface area contributed by atoms with Crippen LogP contribution in [0.1, 0.15) is 39.0 Å². The van der Waals surface area contributed by atoms with Crippen molar-refractivity contribution in [1.82, 2.24) is 0 Å². The molecule has 0 aromatic heterocycles. The van der Waals surface area contributed by atoms with Gasteiger partial charge in [0, 0.05) is 6.42 Å². The van der Waals surface area contributed by atoms with E-state index in [4.69, 9.17) is 4.74 Å². The fourth-order valence-electron chi connectivity index (χ4n) is 2.53. The Morgan fingerprint density at radius 1 is 1.58 bits per heavy atom. The first-order chi connectivity index (χ1) is 5.73. The second-order valence-corrected chi connectivity index (χ2v) is 4.22. The van der Waals surface area contributed by atoms with Gasteiger partial charge in [0.1, 0.15) is 5.60 Å². The lowest BCUT2D eigenvalue weighted by molar-refractivity contribution is -0.136. The average molecular weight is 168 g/mol. The van der Waals surface area contributed by atoms with E-state index in [9.17, 15) is 4.79 Å².